The first kappa shape index (κ1) is 12.4. The van der Waals surface area contributed by atoms with E-state index in [1.807, 2.05) is 0 Å². The molecule has 1 aliphatic carbocycles. The van der Waals surface area contributed by atoms with Gasteiger partial charge in [-0.25, -0.2) is 13.6 Å². The van der Waals surface area contributed by atoms with Gasteiger partial charge < -0.3 is 5.32 Å². The van der Waals surface area contributed by atoms with Gasteiger partial charge in [-0.1, -0.05) is 17.8 Å². The minimum absolute atomic E-state index is 0.160. The second-order valence-corrected chi connectivity index (χ2v) is 6.68. The molecule has 1 aliphatic rings. The van der Waals surface area contributed by atoms with E-state index in [0.29, 0.717) is 12.3 Å². The molecule has 0 unspecified atom stereocenters. The first-order valence-corrected chi connectivity index (χ1v) is 7.47. The average Bonchev–Trinajstić information content (AvgIpc) is 2.59. The zero-order valence-corrected chi connectivity index (χ0v) is 10.6. The molecule has 2 rings (SSSR count). The smallest absolute Gasteiger partial charge is 0.267 e. The van der Waals surface area contributed by atoms with Crippen LogP contribution in [0.1, 0.15) is 25.7 Å². The molecule has 94 valence electrons. The Morgan fingerprint density at radius 3 is 2.65 bits per heavy atom. The maximum Gasteiger partial charge on any atom is 0.267 e. The van der Waals surface area contributed by atoms with Gasteiger partial charge in [-0.05, 0) is 18.8 Å². The maximum absolute atomic E-state index is 11.5. The van der Waals surface area contributed by atoms with E-state index >= 15 is 0 Å². The number of rotatable bonds is 4. The minimum atomic E-state index is -3.84. The summed E-state index contributed by atoms with van der Waals surface area (Å²) >= 11 is 0.754. The van der Waals surface area contributed by atoms with Crippen molar-refractivity contribution >= 4 is 32.4 Å². The summed E-state index contributed by atoms with van der Waals surface area (Å²) in [4.78, 5) is 11.5. The van der Waals surface area contributed by atoms with Crippen molar-refractivity contribution in [2.75, 3.05) is 5.32 Å². The molecule has 7 nitrogen and oxygen atoms in total. The number of nitrogens with one attached hydrogen (secondary N) is 1. The first-order valence-electron chi connectivity index (χ1n) is 5.11. The molecular formula is C8H12N4O3S2. The summed E-state index contributed by atoms with van der Waals surface area (Å²) in [5.41, 5.74) is 0. The number of carbonyl (C=O) groups excluding carboxylic acids is 1. The summed E-state index contributed by atoms with van der Waals surface area (Å²) in [6, 6.07) is 0. The second kappa shape index (κ2) is 4.67. The number of anilines is 1. The van der Waals surface area contributed by atoms with Gasteiger partial charge in [0.2, 0.25) is 15.4 Å². The quantitative estimate of drug-likeness (QED) is 0.768. The van der Waals surface area contributed by atoms with Gasteiger partial charge in [-0.3, -0.25) is 4.79 Å². The highest BCUT2D eigenvalue weighted by Crippen LogP contribution is 2.29. The van der Waals surface area contributed by atoms with E-state index in [9.17, 15) is 13.2 Å². The largest absolute Gasteiger partial charge is 0.300 e. The van der Waals surface area contributed by atoms with Crippen molar-refractivity contribution < 1.29 is 13.2 Å². The maximum atomic E-state index is 11.5. The molecule has 3 N–H and O–H groups in total. The Morgan fingerprint density at radius 2 is 2.18 bits per heavy atom. The number of hydrogen-bond donors (Lipinski definition) is 2. The third-order valence-electron chi connectivity index (χ3n) is 2.60. The van der Waals surface area contributed by atoms with Crippen molar-refractivity contribution in [3.63, 3.8) is 0 Å². The van der Waals surface area contributed by atoms with E-state index in [1.54, 1.807) is 0 Å². The highest BCUT2D eigenvalue weighted by Gasteiger charge is 2.22. The van der Waals surface area contributed by atoms with Crippen LogP contribution in [0, 0.1) is 5.92 Å². The number of aromatic nitrogens is 2. The molecule has 1 heterocycles. The van der Waals surface area contributed by atoms with E-state index in [2.05, 4.69) is 15.5 Å². The van der Waals surface area contributed by atoms with E-state index in [-0.39, 0.29) is 15.4 Å². The van der Waals surface area contributed by atoms with Gasteiger partial charge in [0.25, 0.3) is 10.0 Å². The number of primary sulfonamides is 1. The molecular weight excluding hydrogens is 264 g/mol. The van der Waals surface area contributed by atoms with Crippen molar-refractivity contribution in [2.24, 2.45) is 11.1 Å². The van der Waals surface area contributed by atoms with Crippen LogP contribution in [-0.4, -0.2) is 24.5 Å². The summed E-state index contributed by atoms with van der Waals surface area (Å²) in [6.07, 6.45) is 3.77. The molecule has 0 atom stereocenters. The van der Waals surface area contributed by atoms with Gasteiger partial charge in [0.05, 0.1) is 0 Å². The van der Waals surface area contributed by atoms with Gasteiger partial charge in [-0.15, -0.1) is 10.2 Å². The molecule has 0 aliphatic heterocycles. The van der Waals surface area contributed by atoms with Gasteiger partial charge in [0.15, 0.2) is 0 Å². The topological polar surface area (TPSA) is 115 Å². The fraction of sp³-hybridized carbons (Fsp3) is 0.625. The Morgan fingerprint density at radius 1 is 1.47 bits per heavy atom. The Labute approximate surface area is 102 Å². The Balaban J connectivity index is 1.94. The SMILES string of the molecule is NS(=O)(=O)c1nnc(NC(=O)CC2CCC2)s1. The Hall–Kier alpha value is -1.06. The molecule has 0 radical (unpaired) electrons. The third kappa shape index (κ3) is 3.20. The molecule has 0 saturated heterocycles. The number of sulfonamides is 1. The molecule has 1 aromatic heterocycles. The molecule has 9 heteroatoms. The number of nitrogens with zero attached hydrogens (tertiary/aromatic N) is 2. The lowest BCUT2D eigenvalue weighted by atomic mass is 9.83. The van der Waals surface area contributed by atoms with Crippen molar-refractivity contribution in [2.45, 2.75) is 30.0 Å². The van der Waals surface area contributed by atoms with Crippen molar-refractivity contribution in [1.29, 1.82) is 0 Å². The van der Waals surface area contributed by atoms with Crippen LogP contribution in [0.2, 0.25) is 0 Å². The highest BCUT2D eigenvalue weighted by molar-refractivity contribution is 7.91. The monoisotopic (exact) mass is 276 g/mol. The van der Waals surface area contributed by atoms with E-state index in [0.717, 1.165) is 24.2 Å². The molecule has 1 amide bonds. The van der Waals surface area contributed by atoms with Crippen LogP contribution in [-0.2, 0) is 14.8 Å². The van der Waals surface area contributed by atoms with Gasteiger partial charge in [0.1, 0.15) is 0 Å². The number of hydrogen-bond acceptors (Lipinski definition) is 6. The zero-order valence-electron chi connectivity index (χ0n) is 8.92. The van der Waals surface area contributed by atoms with Crippen LogP contribution < -0.4 is 10.5 Å². The predicted octanol–water partition coefficient (Wildman–Crippen LogP) is 0.314. The lowest BCUT2D eigenvalue weighted by molar-refractivity contribution is -0.117. The van der Waals surface area contributed by atoms with Crippen LogP contribution in [0.15, 0.2) is 4.34 Å². The number of carbonyl (C=O) groups is 1. The van der Waals surface area contributed by atoms with Gasteiger partial charge in [0, 0.05) is 6.42 Å². The summed E-state index contributed by atoms with van der Waals surface area (Å²) in [6.45, 7) is 0. The molecule has 17 heavy (non-hydrogen) atoms. The summed E-state index contributed by atoms with van der Waals surface area (Å²) in [7, 11) is -3.84. The van der Waals surface area contributed by atoms with Crippen molar-refractivity contribution in [3.05, 3.63) is 0 Å². The molecule has 1 aromatic rings. The zero-order chi connectivity index (χ0) is 12.5. The van der Waals surface area contributed by atoms with E-state index < -0.39 is 10.0 Å². The minimum Gasteiger partial charge on any atom is -0.300 e. The summed E-state index contributed by atoms with van der Waals surface area (Å²) in [5, 5.41) is 14.5. The molecule has 1 saturated carbocycles. The number of nitrogens with two attached hydrogens (primary N) is 1. The highest BCUT2D eigenvalue weighted by atomic mass is 32.2. The standard InChI is InChI=1S/C8H12N4O3S2/c9-17(14,15)8-12-11-7(16-8)10-6(13)4-5-2-1-3-5/h5H,1-4H2,(H2,9,14,15)(H,10,11,13). The first-order chi connectivity index (χ1) is 7.95. The predicted molar refractivity (Wildman–Crippen MR) is 61.9 cm³/mol. The van der Waals surface area contributed by atoms with Crippen molar-refractivity contribution in [3.8, 4) is 0 Å². The van der Waals surface area contributed by atoms with Crippen LogP contribution >= 0.6 is 11.3 Å². The normalized spacial score (nSPS) is 16.5. The van der Waals surface area contributed by atoms with E-state index in [4.69, 9.17) is 5.14 Å². The van der Waals surface area contributed by atoms with Crippen molar-refractivity contribution in [1.82, 2.24) is 10.2 Å². The van der Waals surface area contributed by atoms with Crippen LogP contribution in [0.5, 0.6) is 0 Å². The van der Waals surface area contributed by atoms with Gasteiger partial charge >= 0.3 is 0 Å². The van der Waals surface area contributed by atoms with Crippen LogP contribution in [0.25, 0.3) is 0 Å². The lowest BCUT2D eigenvalue weighted by Crippen LogP contribution is -2.20. The molecule has 0 spiro atoms. The summed E-state index contributed by atoms with van der Waals surface area (Å²) in [5.74, 6) is 0.285. The fourth-order valence-corrected chi connectivity index (χ4v) is 2.85. The lowest BCUT2D eigenvalue weighted by Gasteiger charge is -2.24. The second-order valence-electron chi connectivity index (χ2n) is 3.97. The summed E-state index contributed by atoms with van der Waals surface area (Å²) < 4.78 is 21.6. The fourth-order valence-electron chi connectivity index (χ4n) is 1.50. The third-order valence-corrected chi connectivity index (χ3v) is 4.74. The number of amides is 1. The Kier molecular flexibility index (Phi) is 3.40. The van der Waals surface area contributed by atoms with Crippen LogP contribution in [0.4, 0.5) is 5.13 Å². The average molecular weight is 276 g/mol. The molecule has 0 aromatic carbocycles. The molecule has 1 fully saturated rings. The Bertz CT molecular complexity index is 521. The van der Waals surface area contributed by atoms with Crippen LogP contribution in [0.3, 0.4) is 0 Å². The molecule has 0 bridgehead atoms. The van der Waals surface area contributed by atoms with Gasteiger partial charge in [-0.2, -0.15) is 0 Å². The van der Waals surface area contributed by atoms with E-state index in [1.165, 1.54) is 6.42 Å².